The highest BCUT2D eigenvalue weighted by molar-refractivity contribution is 7.18. The van der Waals surface area contributed by atoms with Gasteiger partial charge in [-0.1, -0.05) is 12.1 Å². The van der Waals surface area contributed by atoms with Crippen molar-refractivity contribution < 1.29 is 9.53 Å². The van der Waals surface area contributed by atoms with E-state index >= 15 is 0 Å². The van der Waals surface area contributed by atoms with Crippen LogP contribution in [0.25, 0.3) is 10.2 Å². The number of piperidine rings is 1. The Bertz CT molecular complexity index is 673. The molecule has 2 saturated heterocycles. The van der Waals surface area contributed by atoms with E-state index in [2.05, 4.69) is 28.1 Å². The summed E-state index contributed by atoms with van der Waals surface area (Å²) in [6, 6.07) is 8.27. The number of amides is 1. The molecule has 0 unspecified atom stereocenters. The third-order valence-electron chi connectivity index (χ3n) is 5.09. The van der Waals surface area contributed by atoms with Crippen LogP contribution in [-0.2, 0) is 16.0 Å². The van der Waals surface area contributed by atoms with Crippen molar-refractivity contribution in [1.29, 1.82) is 0 Å². The number of likely N-dealkylation sites (tertiary alicyclic amines) is 1. The maximum atomic E-state index is 12.2. The van der Waals surface area contributed by atoms with Crippen molar-refractivity contribution in [3.63, 3.8) is 0 Å². The molecule has 0 aliphatic carbocycles. The smallest absolute Gasteiger partial charge is 0.222 e. The Labute approximate surface area is 140 Å². The SMILES string of the molecule is O=C1CC[C@@]2(CCOC2)CN1CCCc1nc2ccccc2s1. The first kappa shape index (κ1) is 15.1. The van der Waals surface area contributed by atoms with Crippen LogP contribution >= 0.6 is 11.3 Å². The minimum atomic E-state index is 0.240. The molecule has 0 radical (unpaired) electrons. The molecule has 1 amide bonds. The van der Waals surface area contributed by atoms with Gasteiger partial charge in [-0.2, -0.15) is 0 Å². The molecule has 0 N–H and O–H groups in total. The molecule has 2 aliphatic heterocycles. The van der Waals surface area contributed by atoms with E-state index in [1.165, 1.54) is 9.71 Å². The first-order valence-electron chi connectivity index (χ1n) is 8.44. The first-order valence-corrected chi connectivity index (χ1v) is 9.26. The Hall–Kier alpha value is -1.46. The van der Waals surface area contributed by atoms with Gasteiger partial charge in [0, 0.05) is 38.0 Å². The molecule has 5 heteroatoms. The summed E-state index contributed by atoms with van der Waals surface area (Å²) in [5.41, 5.74) is 1.33. The fraction of sp³-hybridized carbons (Fsp3) is 0.556. The number of hydrogen-bond acceptors (Lipinski definition) is 4. The number of carbonyl (C=O) groups is 1. The van der Waals surface area contributed by atoms with Crippen LogP contribution in [0.2, 0.25) is 0 Å². The average Bonchev–Trinajstić information content (AvgIpc) is 3.17. The lowest BCUT2D eigenvalue weighted by molar-refractivity contribution is -0.137. The Morgan fingerprint density at radius 2 is 2.22 bits per heavy atom. The van der Waals surface area contributed by atoms with Crippen LogP contribution < -0.4 is 0 Å². The molecule has 0 saturated carbocycles. The Morgan fingerprint density at radius 1 is 1.30 bits per heavy atom. The number of aromatic nitrogens is 1. The highest BCUT2D eigenvalue weighted by Gasteiger charge is 2.41. The minimum Gasteiger partial charge on any atom is -0.381 e. The van der Waals surface area contributed by atoms with Crippen molar-refractivity contribution in [2.45, 2.75) is 32.1 Å². The van der Waals surface area contributed by atoms with E-state index in [-0.39, 0.29) is 5.41 Å². The number of hydrogen-bond donors (Lipinski definition) is 0. The molecule has 1 aromatic carbocycles. The zero-order chi connectivity index (χ0) is 15.7. The predicted molar refractivity (Wildman–Crippen MR) is 91.6 cm³/mol. The molecule has 3 heterocycles. The number of rotatable bonds is 4. The second kappa shape index (κ2) is 6.21. The van der Waals surface area contributed by atoms with Gasteiger partial charge in [-0.15, -0.1) is 11.3 Å². The van der Waals surface area contributed by atoms with E-state index in [0.29, 0.717) is 12.3 Å². The number of aryl methyl sites for hydroxylation is 1. The van der Waals surface area contributed by atoms with Crippen molar-refractivity contribution in [3.8, 4) is 0 Å². The van der Waals surface area contributed by atoms with Gasteiger partial charge in [-0.3, -0.25) is 4.79 Å². The van der Waals surface area contributed by atoms with Crippen LogP contribution in [0.15, 0.2) is 24.3 Å². The summed E-state index contributed by atoms with van der Waals surface area (Å²) in [7, 11) is 0. The number of ether oxygens (including phenoxy) is 1. The average molecular weight is 330 g/mol. The van der Waals surface area contributed by atoms with Gasteiger partial charge in [-0.25, -0.2) is 4.98 Å². The lowest BCUT2D eigenvalue weighted by Crippen LogP contribution is -2.47. The van der Waals surface area contributed by atoms with Crippen LogP contribution in [0, 0.1) is 5.41 Å². The lowest BCUT2D eigenvalue weighted by atomic mass is 9.79. The first-order chi connectivity index (χ1) is 11.2. The molecule has 2 aliphatic rings. The van der Waals surface area contributed by atoms with Crippen LogP contribution in [0.4, 0.5) is 0 Å². The maximum absolute atomic E-state index is 12.2. The van der Waals surface area contributed by atoms with Gasteiger partial charge in [-0.05, 0) is 31.4 Å². The fourth-order valence-electron chi connectivity index (χ4n) is 3.73. The fourth-order valence-corrected chi connectivity index (χ4v) is 4.73. The largest absolute Gasteiger partial charge is 0.381 e. The normalized spacial score (nSPS) is 24.9. The molecule has 0 bridgehead atoms. The number of carbonyl (C=O) groups excluding carboxylic acids is 1. The van der Waals surface area contributed by atoms with E-state index in [0.717, 1.165) is 57.5 Å². The minimum absolute atomic E-state index is 0.240. The summed E-state index contributed by atoms with van der Waals surface area (Å²) in [5.74, 6) is 0.312. The summed E-state index contributed by atoms with van der Waals surface area (Å²) in [6.07, 6.45) is 4.73. The predicted octanol–water partition coefficient (Wildman–Crippen LogP) is 3.26. The highest BCUT2D eigenvalue weighted by atomic mass is 32.1. The topological polar surface area (TPSA) is 42.4 Å². The molecule has 23 heavy (non-hydrogen) atoms. The van der Waals surface area contributed by atoms with E-state index in [1.807, 2.05) is 6.07 Å². The van der Waals surface area contributed by atoms with Crippen molar-refractivity contribution in [2.75, 3.05) is 26.3 Å². The Kier molecular flexibility index (Phi) is 4.07. The molecule has 1 spiro atoms. The Morgan fingerprint density at radius 3 is 3.04 bits per heavy atom. The van der Waals surface area contributed by atoms with Crippen molar-refractivity contribution in [1.82, 2.24) is 9.88 Å². The highest BCUT2D eigenvalue weighted by Crippen LogP contribution is 2.38. The number of fused-ring (bicyclic) bond motifs is 1. The number of benzene rings is 1. The second-order valence-electron chi connectivity index (χ2n) is 6.80. The van der Waals surface area contributed by atoms with Crippen LogP contribution in [0.5, 0.6) is 0 Å². The summed E-state index contributed by atoms with van der Waals surface area (Å²) in [6.45, 7) is 3.41. The zero-order valence-corrected chi connectivity index (χ0v) is 14.1. The van der Waals surface area contributed by atoms with Crippen molar-refractivity contribution in [2.24, 2.45) is 5.41 Å². The second-order valence-corrected chi connectivity index (χ2v) is 7.91. The van der Waals surface area contributed by atoms with Crippen LogP contribution in [0.1, 0.15) is 30.7 Å². The number of nitrogens with zero attached hydrogens (tertiary/aromatic N) is 2. The number of para-hydroxylation sites is 1. The molecule has 2 fully saturated rings. The summed E-state index contributed by atoms with van der Waals surface area (Å²) >= 11 is 1.77. The van der Waals surface area contributed by atoms with E-state index < -0.39 is 0 Å². The standard InChI is InChI=1S/C18H22N2O2S/c21-17-7-8-18(9-11-22-13-18)12-20(17)10-3-6-16-19-14-4-1-2-5-15(14)23-16/h1-2,4-5H,3,6-13H2/t18-/m1/s1. The third-order valence-corrected chi connectivity index (χ3v) is 6.19. The molecular weight excluding hydrogens is 308 g/mol. The summed E-state index contributed by atoms with van der Waals surface area (Å²) in [5, 5.41) is 1.18. The van der Waals surface area contributed by atoms with Gasteiger partial charge < -0.3 is 9.64 Å². The third kappa shape index (κ3) is 3.12. The van der Waals surface area contributed by atoms with Crippen LogP contribution in [-0.4, -0.2) is 42.1 Å². The molecule has 4 rings (SSSR count). The van der Waals surface area contributed by atoms with Gasteiger partial charge in [0.05, 0.1) is 21.8 Å². The van der Waals surface area contributed by atoms with E-state index in [4.69, 9.17) is 4.74 Å². The summed E-state index contributed by atoms with van der Waals surface area (Å²) in [4.78, 5) is 18.9. The summed E-state index contributed by atoms with van der Waals surface area (Å²) < 4.78 is 6.83. The molecule has 4 nitrogen and oxygen atoms in total. The van der Waals surface area contributed by atoms with Gasteiger partial charge in [0.25, 0.3) is 0 Å². The zero-order valence-electron chi connectivity index (χ0n) is 13.3. The quantitative estimate of drug-likeness (QED) is 0.864. The van der Waals surface area contributed by atoms with Gasteiger partial charge in [0.15, 0.2) is 0 Å². The van der Waals surface area contributed by atoms with E-state index in [1.54, 1.807) is 11.3 Å². The van der Waals surface area contributed by atoms with Crippen molar-refractivity contribution in [3.05, 3.63) is 29.3 Å². The van der Waals surface area contributed by atoms with Crippen LogP contribution in [0.3, 0.4) is 0 Å². The Balaban J connectivity index is 1.35. The molecule has 122 valence electrons. The molecule has 1 aromatic heterocycles. The van der Waals surface area contributed by atoms with Gasteiger partial charge >= 0.3 is 0 Å². The lowest BCUT2D eigenvalue weighted by Gasteiger charge is -2.39. The number of thiazole rings is 1. The molecule has 1 atom stereocenters. The van der Waals surface area contributed by atoms with Gasteiger partial charge in [0.2, 0.25) is 5.91 Å². The van der Waals surface area contributed by atoms with Gasteiger partial charge in [0.1, 0.15) is 0 Å². The molecular formula is C18H22N2O2S. The van der Waals surface area contributed by atoms with E-state index in [9.17, 15) is 4.79 Å². The van der Waals surface area contributed by atoms with Crippen molar-refractivity contribution >= 4 is 27.5 Å². The molecule has 2 aromatic rings. The maximum Gasteiger partial charge on any atom is 0.222 e. The monoisotopic (exact) mass is 330 g/mol.